The maximum atomic E-state index is 12.9. The van der Waals surface area contributed by atoms with Crippen molar-refractivity contribution >= 4 is 0 Å². The third kappa shape index (κ3) is 2.29. The van der Waals surface area contributed by atoms with E-state index in [9.17, 15) is 4.39 Å². The van der Waals surface area contributed by atoms with E-state index in [-0.39, 0.29) is 11.4 Å². The SMILES string of the molecule is CNC(C)(C)c1nc(-c2ccc(F)cc2)c(C)[nH]1. The average molecular weight is 247 g/mol. The van der Waals surface area contributed by atoms with Crippen molar-refractivity contribution in [3.05, 3.63) is 41.6 Å². The average Bonchev–Trinajstić information content (AvgIpc) is 2.73. The molecule has 0 saturated heterocycles. The van der Waals surface area contributed by atoms with E-state index in [4.69, 9.17) is 0 Å². The van der Waals surface area contributed by atoms with Crippen molar-refractivity contribution < 1.29 is 4.39 Å². The number of aromatic amines is 1. The first-order valence-corrected chi connectivity index (χ1v) is 5.96. The van der Waals surface area contributed by atoms with Gasteiger partial charge >= 0.3 is 0 Å². The minimum Gasteiger partial charge on any atom is -0.344 e. The zero-order chi connectivity index (χ0) is 13.3. The van der Waals surface area contributed by atoms with Crippen LogP contribution in [-0.4, -0.2) is 17.0 Å². The fourth-order valence-electron chi connectivity index (χ4n) is 1.76. The van der Waals surface area contributed by atoms with Crippen LogP contribution >= 0.6 is 0 Å². The molecule has 1 heterocycles. The van der Waals surface area contributed by atoms with Gasteiger partial charge in [-0.05, 0) is 52.1 Å². The Labute approximate surface area is 106 Å². The van der Waals surface area contributed by atoms with Gasteiger partial charge in [0.05, 0.1) is 11.2 Å². The number of rotatable bonds is 3. The Bertz CT molecular complexity index is 541. The number of hydrogen-bond acceptors (Lipinski definition) is 2. The van der Waals surface area contributed by atoms with Gasteiger partial charge in [-0.15, -0.1) is 0 Å². The highest BCUT2D eigenvalue weighted by Crippen LogP contribution is 2.25. The Morgan fingerprint density at radius 2 is 1.83 bits per heavy atom. The highest BCUT2D eigenvalue weighted by Gasteiger charge is 2.23. The van der Waals surface area contributed by atoms with Crippen molar-refractivity contribution in [1.82, 2.24) is 15.3 Å². The number of halogens is 1. The van der Waals surface area contributed by atoms with E-state index in [1.807, 2.05) is 14.0 Å². The molecule has 0 bridgehead atoms. The fraction of sp³-hybridized carbons (Fsp3) is 0.357. The summed E-state index contributed by atoms with van der Waals surface area (Å²) in [5.41, 5.74) is 2.56. The maximum Gasteiger partial charge on any atom is 0.126 e. The lowest BCUT2D eigenvalue weighted by Gasteiger charge is -2.20. The molecule has 0 atom stereocenters. The lowest BCUT2D eigenvalue weighted by atomic mass is 10.1. The maximum absolute atomic E-state index is 12.9. The fourth-order valence-corrected chi connectivity index (χ4v) is 1.76. The van der Waals surface area contributed by atoms with Gasteiger partial charge in [-0.3, -0.25) is 0 Å². The second-order valence-corrected chi connectivity index (χ2v) is 4.94. The number of nitrogens with one attached hydrogen (secondary N) is 2. The monoisotopic (exact) mass is 247 g/mol. The lowest BCUT2D eigenvalue weighted by Crippen LogP contribution is -2.34. The van der Waals surface area contributed by atoms with Crippen LogP contribution in [0.1, 0.15) is 25.4 Å². The Hall–Kier alpha value is -1.68. The number of benzene rings is 1. The molecule has 0 fully saturated rings. The molecule has 2 N–H and O–H groups in total. The number of imidazole rings is 1. The summed E-state index contributed by atoms with van der Waals surface area (Å²) in [5, 5.41) is 3.20. The summed E-state index contributed by atoms with van der Waals surface area (Å²) >= 11 is 0. The van der Waals surface area contributed by atoms with Gasteiger partial charge in [0, 0.05) is 11.3 Å². The molecule has 2 rings (SSSR count). The van der Waals surface area contributed by atoms with Crippen molar-refractivity contribution in [1.29, 1.82) is 0 Å². The molecule has 0 aliphatic heterocycles. The normalized spacial score (nSPS) is 11.8. The topological polar surface area (TPSA) is 40.7 Å². The number of hydrogen-bond donors (Lipinski definition) is 2. The second kappa shape index (κ2) is 4.53. The first kappa shape index (κ1) is 12.8. The lowest BCUT2D eigenvalue weighted by molar-refractivity contribution is 0.420. The minimum absolute atomic E-state index is 0.219. The predicted molar refractivity (Wildman–Crippen MR) is 70.8 cm³/mol. The zero-order valence-electron chi connectivity index (χ0n) is 11.1. The van der Waals surface area contributed by atoms with E-state index in [0.29, 0.717) is 0 Å². The molecule has 2 aromatic rings. The standard InChI is InChI=1S/C14H18FN3/c1-9-12(10-5-7-11(15)8-6-10)18-13(17-9)14(2,3)16-4/h5-8,16H,1-4H3,(H,17,18). The summed E-state index contributed by atoms with van der Waals surface area (Å²) in [5.74, 6) is 0.643. The van der Waals surface area contributed by atoms with Crippen molar-refractivity contribution in [3.8, 4) is 11.3 Å². The molecule has 3 nitrogen and oxygen atoms in total. The van der Waals surface area contributed by atoms with Crippen LogP contribution in [0, 0.1) is 12.7 Å². The molecular weight excluding hydrogens is 229 g/mol. The van der Waals surface area contributed by atoms with Crippen LogP contribution in [0.25, 0.3) is 11.3 Å². The van der Waals surface area contributed by atoms with E-state index in [2.05, 4.69) is 29.1 Å². The van der Waals surface area contributed by atoms with Gasteiger partial charge in [-0.2, -0.15) is 0 Å². The highest BCUT2D eigenvalue weighted by molar-refractivity contribution is 5.61. The zero-order valence-corrected chi connectivity index (χ0v) is 11.1. The molecule has 0 aliphatic rings. The summed E-state index contributed by atoms with van der Waals surface area (Å²) < 4.78 is 12.9. The first-order valence-electron chi connectivity index (χ1n) is 5.96. The molecule has 0 saturated carbocycles. The summed E-state index contributed by atoms with van der Waals surface area (Å²) in [6.07, 6.45) is 0. The summed E-state index contributed by atoms with van der Waals surface area (Å²) in [6, 6.07) is 6.39. The van der Waals surface area contributed by atoms with E-state index >= 15 is 0 Å². The molecule has 1 aromatic carbocycles. The minimum atomic E-state index is -0.234. The highest BCUT2D eigenvalue weighted by atomic mass is 19.1. The first-order chi connectivity index (χ1) is 8.44. The third-order valence-corrected chi connectivity index (χ3v) is 3.22. The van der Waals surface area contributed by atoms with Crippen LogP contribution < -0.4 is 5.32 Å². The molecule has 1 aromatic heterocycles. The van der Waals surface area contributed by atoms with Crippen LogP contribution in [0.15, 0.2) is 24.3 Å². The molecule has 0 spiro atoms. The molecule has 0 aliphatic carbocycles. The van der Waals surface area contributed by atoms with Gasteiger partial charge in [0.2, 0.25) is 0 Å². The Kier molecular flexibility index (Phi) is 3.22. The largest absolute Gasteiger partial charge is 0.344 e. The van der Waals surface area contributed by atoms with Gasteiger partial charge in [0.25, 0.3) is 0 Å². The Morgan fingerprint density at radius 1 is 1.22 bits per heavy atom. The number of aromatic nitrogens is 2. The Balaban J connectivity index is 2.44. The number of aryl methyl sites for hydroxylation is 1. The summed E-state index contributed by atoms with van der Waals surface area (Å²) in [6.45, 7) is 6.08. The van der Waals surface area contributed by atoms with Crippen LogP contribution in [-0.2, 0) is 5.54 Å². The van der Waals surface area contributed by atoms with Gasteiger partial charge in [0.1, 0.15) is 11.6 Å². The van der Waals surface area contributed by atoms with Gasteiger partial charge in [-0.1, -0.05) is 0 Å². The van der Waals surface area contributed by atoms with E-state index in [0.717, 1.165) is 22.8 Å². The molecule has 0 amide bonds. The predicted octanol–water partition coefficient (Wildman–Crippen LogP) is 2.98. The van der Waals surface area contributed by atoms with Crippen LogP contribution in [0.4, 0.5) is 4.39 Å². The van der Waals surface area contributed by atoms with Crippen LogP contribution in [0.5, 0.6) is 0 Å². The van der Waals surface area contributed by atoms with Crippen molar-refractivity contribution in [2.24, 2.45) is 0 Å². The Morgan fingerprint density at radius 3 is 2.39 bits per heavy atom. The molecule has 0 radical (unpaired) electrons. The van der Waals surface area contributed by atoms with Crippen molar-refractivity contribution in [3.63, 3.8) is 0 Å². The number of nitrogens with zero attached hydrogens (tertiary/aromatic N) is 1. The van der Waals surface area contributed by atoms with Crippen molar-refractivity contribution in [2.45, 2.75) is 26.3 Å². The van der Waals surface area contributed by atoms with Gasteiger partial charge < -0.3 is 10.3 Å². The van der Waals surface area contributed by atoms with Crippen LogP contribution in [0.2, 0.25) is 0 Å². The van der Waals surface area contributed by atoms with E-state index < -0.39 is 0 Å². The third-order valence-electron chi connectivity index (χ3n) is 3.22. The van der Waals surface area contributed by atoms with Crippen LogP contribution in [0.3, 0.4) is 0 Å². The molecule has 0 unspecified atom stereocenters. The molecule has 18 heavy (non-hydrogen) atoms. The summed E-state index contributed by atoms with van der Waals surface area (Å²) in [4.78, 5) is 7.89. The molecular formula is C14H18FN3. The second-order valence-electron chi connectivity index (χ2n) is 4.94. The van der Waals surface area contributed by atoms with Crippen molar-refractivity contribution in [2.75, 3.05) is 7.05 Å². The summed E-state index contributed by atoms with van der Waals surface area (Å²) in [7, 11) is 1.90. The quantitative estimate of drug-likeness (QED) is 0.875. The number of H-pyrrole nitrogens is 1. The van der Waals surface area contributed by atoms with E-state index in [1.54, 1.807) is 12.1 Å². The molecule has 4 heteroatoms. The smallest absolute Gasteiger partial charge is 0.126 e. The van der Waals surface area contributed by atoms with E-state index in [1.165, 1.54) is 12.1 Å². The van der Waals surface area contributed by atoms with Gasteiger partial charge in [0.15, 0.2) is 0 Å². The molecule has 96 valence electrons. The van der Waals surface area contributed by atoms with Gasteiger partial charge in [-0.25, -0.2) is 9.37 Å².